The first-order valence-electron chi connectivity index (χ1n) is 8.84. The molecule has 0 amide bonds. The molecule has 0 bridgehead atoms. The lowest BCUT2D eigenvalue weighted by molar-refractivity contribution is 0.0967. The van der Waals surface area contributed by atoms with Gasteiger partial charge in [0.25, 0.3) is 0 Å². The van der Waals surface area contributed by atoms with Crippen LogP contribution in [0.15, 0.2) is 30.3 Å². The van der Waals surface area contributed by atoms with E-state index in [1.54, 1.807) is 46.6 Å². The van der Waals surface area contributed by atoms with Gasteiger partial charge in [-0.25, -0.2) is 0 Å². The molecule has 0 saturated carbocycles. The molecule has 144 valence electrons. The second kappa shape index (κ2) is 8.31. The van der Waals surface area contributed by atoms with Gasteiger partial charge in [0.15, 0.2) is 28.8 Å². The van der Waals surface area contributed by atoms with Crippen molar-refractivity contribution in [2.75, 3.05) is 35.0 Å². The average Bonchev–Trinajstić information content (AvgIpc) is 2.72. The maximum atomic E-state index is 12.9. The van der Waals surface area contributed by atoms with Gasteiger partial charge in [-0.1, -0.05) is 0 Å². The third-order valence-corrected chi connectivity index (χ3v) is 4.90. The summed E-state index contributed by atoms with van der Waals surface area (Å²) < 4.78 is 21.4. The number of nitrogens with one attached hydrogen (secondary N) is 1. The van der Waals surface area contributed by atoms with Crippen molar-refractivity contribution in [1.29, 1.82) is 0 Å². The van der Waals surface area contributed by atoms with Gasteiger partial charge in [-0.15, -0.1) is 0 Å². The Morgan fingerprint density at radius 3 is 2.22 bits per heavy atom. The van der Waals surface area contributed by atoms with E-state index in [9.17, 15) is 4.79 Å². The fourth-order valence-electron chi connectivity index (χ4n) is 3.46. The van der Waals surface area contributed by atoms with Crippen LogP contribution in [0.3, 0.4) is 0 Å². The minimum absolute atomic E-state index is 0.0380. The molecule has 0 aromatic heterocycles. The molecule has 2 aromatic rings. The molecule has 1 atom stereocenters. The predicted octanol–water partition coefficient (Wildman–Crippen LogP) is 3.18. The summed E-state index contributed by atoms with van der Waals surface area (Å²) in [6.45, 7) is 0.812. The topological polar surface area (TPSA) is 66.0 Å². The third kappa shape index (κ3) is 3.85. The van der Waals surface area contributed by atoms with Crippen LogP contribution in [0, 0.1) is 0 Å². The molecule has 0 unspecified atom stereocenters. The van der Waals surface area contributed by atoms with Crippen LogP contribution in [0.1, 0.15) is 33.9 Å². The Hall–Kier alpha value is -2.73. The first-order chi connectivity index (χ1) is 13.1. The van der Waals surface area contributed by atoms with Crippen molar-refractivity contribution < 1.29 is 23.7 Å². The summed E-state index contributed by atoms with van der Waals surface area (Å²) in [5, 5.41) is 3.44. The quantitative estimate of drug-likeness (QED) is 0.754. The highest BCUT2D eigenvalue weighted by Crippen LogP contribution is 2.37. The van der Waals surface area contributed by atoms with Crippen molar-refractivity contribution in [2.45, 2.75) is 18.9 Å². The first kappa shape index (κ1) is 19.0. The van der Waals surface area contributed by atoms with Crippen molar-refractivity contribution >= 4 is 5.78 Å². The van der Waals surface area contributed by atoms with Gasteiger partial charge in [-0.2, -0.15) is 0 Å². The molecule has 0 saturated heterocycles. The van der Waals surface area contributed by atoms with Gasteiger partial charge in [-0.05, 0) is 54.4 Å². The molecule has 0 radical (unpaired) electrons. The van der Waals surface area contributed by atoms with Crippen LogP contribution in [0.4, 0.5) is 0 Å². The van der Waals surface area contributed by atoms with Crippen LogP contribution in [0.2, 0.25) is 0 Å². The Morgan fingerprint density at radius 1 is 0.926 bits per heavy atom. The van der Waals surface area contributed by atoms with Gasteiger partial charge < -0.3 is 24.3 Å². The summed E-state index contributed by atoms with van der Waals surface area (Å²) in [6.07, 6.45) is 1.23. The highest BCUT2D eigenvalue weighted by Gasteiger charge is 2.25. The number of methoxy groups -OCH3 is 4. The van der Waals surface area contributed by atoms with Crippen LogP contribution >= 0.6 is 0 Å². The fourth-order valence-corrected chi connectivity index (χ4v) is 3.46. The smallest absolute Gasteiger partial charge is 0.164 e. The second-order valence-corrected chi connectivity index (χ2v) is 6.36. The van der Waals surface area contributed by atoms with Crippen LogP contribution in [-0.4, -0.2) is 40.8 Å². The lowest BCUT2D eigenvalue weighted by atomic mass is 9.89. The van der Waals surface area contributed by atoms with Crippen LogP contribution in [-0.2, 0) is 6.42 Å². The van der Waals surface area contributed by atoms with E-state index < -0.39 is 0 Å². The van der Waals surface area contributed by atoms with E-state index in [0.29, 0.717) is 35.0 Å². The van der Waals surface area contributed by atoms with Gasteiger partial charge in [-0.3, -0.25) is 4.79 Å². The maximum Gasteiger partial charge on any atom is 0.164 e. The molecule has 1 heterocycles. The Morgan fingerprint density at radius 2 is 1.56 bits per heavy atom. The van der Waals surface area contributed by atoms with E-state index in [1.807, 2.05) is 12.1 Å². The van der Waals surface area contributed by atoms with E-state index in [1.165, 1.54) is 5.56 Å². The summed E-state index contributed by atoms with van der Waals surface area (Å²) in [6, 6.07) is 9.13. The van der Waals surface area contributed by atoms with Gasteiger partial charge in [0.2, 0.25) is 0 Å². The van der Waals surface area contributed by atoms with Gasteiger partial charge in [0.05, 0.1) is 28.4 Å². The van der Waals surface area contributed by atoms with Crippen molar-refractivity contribution in [2.24, 2.45) is 0 Å². The summed E-state index contributed by atoms with van der Waals surface area (Å²) in [5.41, 5.74) is 2.85. The Balaban J connectivity index is 1.86. The number of Topliss-reactive ketones (excluding diaryl/α,β-unsaturated/α-hetero) is 1. The van der Waals surface area contributed by atoms with Crippen LogP contribution < -0.4 is 24.3 Å². The number of hydrogen-bond donors (Lipinski definition) is 1. The first-order valence-corrected chi connectivity index (χ1v) is 8.84. The van der Waals surface area contributed by atoms with Crippen molar-refractivity contribution in [3.05, 3.63) is 47.0 Å². The fraction of sp³-hybridized carbons (Fsp3) is 0.381. The van der Waals surface area contributed by atoms with Gasteiger partial charge >= 0.3 is 0 Å². The zero-order valence-electron chi connectivity index (χ0n) is 16.1. The molecule has 27 heavy (non-hydrogen) atoms. The normalized spacial score (nSPS) is 15.6. The van der Waals surface area contributed by atoms with E-state index >= 15 is 0 Å². The standard InChI is InChI=1S/C21H25NO5/c1-24-18-6-5-14(10-19(18)25-2)17(23)12-16-15-11-21(27-4)20(26-3)9-13(15)7-8-22-16/h5-6,9-11,16,22H,7-8,12H2,1-4H3/t16-/m1/s1. The number of fused-ring (bicyclic) bond motifs is 1. The van der Waals surface area contributed by atoms with E-state index in [2.05, 4.69) is 5.32 Å². The molecule has 1 aliphatic rings. The zero-order chi connectivity index (χ0) is 19.4. The van der Waals surface area contributed by atoms with Crippen molar-refractivity contribution in [3.8, 4) is 23.0 Å². The number of carbonyl (C=O) groups is 1. The molecular formula is C21H25NO5. The molecular weight excluding hydrogens is 346 g/mol. The van der Waals surface area contributed by atoms with E-state index in [0.717, 1.165) is 18.5 Å². The minimum atomic E-state index is -0.0749. The molecule has 1 aliphatic heterocycles. The minimum Gasteiger partial charge on any atom is -0.493 e. The number of ether oxygens (including phenoxy) is 4. The van der Waals surface area contributed by atoms with Crippen LogP contribution in [0.25, 0.3) is 0 Å². The molecule has 6 heteroatoms. The number of ketones is 1. The Kier molecular flexibility index (Phi) is 5.86. The SMILES string of the molecule is COc1ccc(C(=O)C[C@H]2NCCc3cc(OC)c(OC)cc32)cc1OC. The maximum absolute atomic E-state index is 12.9. The molecule has 2 aromatic carbocycles. The van der Waals surface area contributed by atoms with Crippen molar-refractivity contribution in [3.63, 3.8) is 0 Å². The number of rotatable bonds is 7. The molecule has 1 N–H and O–H groups in total. The summed E-state index contributed by atoms with van der Waals surface area (Å²) in [5.74, 6) is 2.57. The zero-order valence-corrected chi connectivity index (χ0v) is 16.1. The molecule has 0 spiro atoms. The highest BCUT2D eigenvalue weighted by molar-refractivity contribution is 5.97. The lowest BCUT2D eigenvalue weighted by Gasteiger charge is -2.28. The molecule has 3 rings (SSSR count). The average molecular weight is 371 g/mol. The summed E-state index contributed by atoms with van der Waals surface area (Å²) >= 11 is 0. The molecule has 0 fully saturated rings. The second-order valence-electron chi connectivity index (χ2n) is 6.36. The van der Waals surface area contributed by atoms with E-state index in [4.69, 9.17) is 18.9 Å². The summed E-state index contributed by atoms with van der Waals surface area (Å²) in [4.78, 5) is 12.9. The third-order valence-electron chi connectivity index (χ3n) is 4.90. The van der Waals surface area contributed by atoms with Gasteiger partial charge in [0, 0.05) is 18.0 Å². The number of benzene rings is 2. The highest BCUT2D eigenvalue weighted by atomic mass is 16.5. The van der Waals surface area contributed by atoms with Crippen LogP contribution in [0.5, 0.6) is 23.0 Å². The monoisotopic (exact) mass is 371 g/mol. The van der Waals surface area contributed by atoms with Gasteiger partial charge in [0.1, 0.15) is 0 Å². The van der Waals surface area contributed by atoms with E-state index in [-0.39, 0.29) is 11.8 Å². The van der Waals surface area contributed by atoms with Crippen molar-refractivity contribution in [1.82, 2.24) is 5.32 Å². The number of carbonyl (C=O) groups excluding carboxylic acids is 1. The molecule has 0 aliphatic carbocycles. The number of hydrogen-bond acceptors (Lipinski definition) is 6. The summed E-state index contributed by atoms with van der Waals surface area (Å²) in [7, 11) is 6.38. The molecule has 6 nitrogen and oxygen atoms in total. The Labute approximate surface area is 159 Å². The Bertz CT molecular complexity index is 834. The predicted molar refractivity (Wildman–Crippen MR) is 102 cm³/mol. The largest absolute Gasteiger partial charge is 0.493 e. The lowest BCUT2D eigenvalue weighted by Crippen LogP contribution is -2.31.